The molecular formula is C20H20O6. The van der Waals surface area contributed by atoms with E-state index >= 15 is 0 Å². The van der Waals surface area contributed by atoms with E-state index in [1.807, 2.05) is 32.0 Å². The molecule has 0 saturated carbocycles. The Balaban J connectivity index is 1.67. The molecule has 2 aliphatic rings. The van der Waals surface area contributed by atoms with Crippen molar-refractivity contribution >= 4 is 5.78 Å². The number of aromatic hydroxyl groups is 2. The Kier molecular flexibility index (Phi) is 3.63. The Bertz CT molecular complexity index is 901. The van der Waals surface area contributed by atoms with Gasteiger partial charge in [-0.1, -0.05) is 6.07 Å². The number of ketones is 1. The largest absolute Gasteiger partial charge is 0.508 e. The molecule has 4 rings (SSSR count). The predicted octanol–water partition coefficient (Wildman–Crippen LogP) is 2.88. The summed E-state index contributed by atoms with van der Waals surface area (Å²) in [7, 11) is 0. The molecule has 0 aromatic heterocycles. The van der Waals surface area contributed by atoms with Gasteiger partial charge in [0.1, 0.15) is 40.3 Å². The molecule has 3 N–H and O–H groups in total. The second-order valence-corrected chi connectivity index (χ2v) is 7.36. The molecule has 6 nitrogen and oxygen atoms in total. The lowest BCUT2D eigenvalue weighted by Gasteiger charge is -2.37. The van der Waals surface area contributed by atoms with Crippen LogP contribution in [-0.2, 0) is 6.42 Å². The molecule has 2 aromatic rings. The fourth-order valence-electron chi connectivity index (χ4n) is 3.48. The minimum absolute atomic E-state index is 0.0824. The molecule has 2 aliphatic heterocycles. The van der Waals surface area contributed by atoms with Gasteiger partial charge in [0, 0.05) is 18.6 Å². The summed E-state index contributed by atoms with van der Waals surface area (Å²) in [5.41, 5.74) is 1.08. The highest BCUT2D eigenvalue weighted by Crippen LogP contribution is 2.43. The smallest absolute Gasteiger partial charge is 0.174 e. The van der Waals surface area contributed by atoms with E-state index in [4.69, 9.17) is 9.47 Å². The van der Waals surface area contributed by atoms with E-state index in [1.54, 1.807) is 0 Å². The molecule has 26 heavy (non-hydrogen) atoms. The monoisotopic (exact) mass is 356 g/mol. The van der Waals surface area contributed by atoms with Crippen LogP contribution < -0.4 is 9.47 Å². The van der Waals surface area contributed by atoms with Crippen LogP contribution in [0.2, 0.25) is 0 Å². The minimum Gasteiger partial charge on any atom is -0.508 e. The second-order valence-electron chi connectivity index (χ2n) is 7.36. The van der Waals surface area contributed by atoms with Crippen LogP contribution in [0, 0.1) is 0 Å². The summed E-state index contributed by atoms with van der Waals surface area (Å²) in [6.45, 7) is 3.68. The first-order chi connectivity index (χ1) is 12.2. The molecule has 2 aromatic carbocycles. The quantitative estimate of drug-likeness (QED) is 0.727. The Hall–Kier alpha value is -2.73. The molecule has 0 spiro atoms. The number of fused-ring (bicyclic) bond motifs is 2. The molecule has 2 atom stereocenters. The molecule has 6 heteroatoms. The number of phenolic OH excluding ortho intramolecular Hbond substituents is 2. The van der Waals surface area contributed by atoms with Gasteiger partial charge >= 0.3 is 0 Å². The highest BCUT2D eigenvalue weighted by Gasteiger charge is 2.37. The number of phenols is 2. The van der Waals surface area contributed by atoms with E-state index in [0.29, 0.717) is 12.2 Å². The summed E-state index contributed by atoms with van der Waals surface area (Å²) < 4.78 is 11.7. The number of benzene rings is 2. The maximum Gasteiger partial charge on any atom is 0.174 e. The van der Waals surface area contributed by atoms with Crippen LogP contribution in [0.3, 0.4) is 0 Å². The number of hydrogen-bond donors (Lipinski definition) is 3. The first-order valence-corrected chi connectivity index (χ1v) is 8.50. The van der Waals surface area contributed by atoms with E-state index < -0.39 is 17.8 Å². The van der Waals surface area contributed by atoms with Crippen molar-refractivity contribution in [3.8, 4) is 23.0 Å². The molecule has 136 valence electrons. The van der Waals surface area contributed by atoms with Crippen LogP contribution in [0.1, 0.15) is 47.9 Å². The van der Waals surface area contributed by atoms with Crippen LogP contribution in [0.15, 0.2) is 30.3 Å². The number of ether oxygens (including phenoxy) is 2. The third kappa shape index (κ3) is 2.66. The van der Waals surface area contributed by atoms with Crippen molar-refractivity contribution in [1.29, 1.82) is 0 Å². The lowest BCUT2D eigenvalue weighted by molar-refractivity contribution is -0.0412. The Morgan fingerprint density at radius 1 is 1.08 bits per heavy atom. The highest BCUT2D eigenvalue weighted by atomic mass is 16.5. The number of aliphatic hydroxyl groups is 1. The fraction of sp³-hybridized carbons (Fsp3) is 0.350. The maximum absolute atomic E-state index is 12.4. The average molecular weight is 356 g/mol. The number of aliphatic hydroxyl groups excluding tert-OH is 1. The van der Waals surface area contributed by atoms with Crippen molar-refractivity contribution in [3.63, 3.8) is 0 Å². The number of hydrogen-bond acceptors (Lipinski definition) is 6. The normalized spacial score (nSPS) is 23.4. The molecule has 0 radical (unpaired) electrons. The van der Waals surface area contributed by atoms with E-state index in [-0.39, 0.29) is 35.0 Å². The van der Waals surface area contributed by atoms with Crippen molar-refractivity contribution in [3.05, 3.63) is 47.0 Å². The van der Waals surface area contributed by atoms with Gasteiger partial charge in [-0.15, -0.1) is 0 Å². The Morgan fingerprint density at radius 3 is 2.62 bits per heavy atom. The third-order valence-corrected chi connectivity index (χ3v) is 5.03. The van der Waals surface area contributed by atoms with E-state index in [2.05, 4.69) is 0 Å². The van der Waals surface area contributed by atoms with Crippen LogP contribution in [0.5, 0.6) is 23.0 Å². The molecule has 0 unspecified atom stereocenters. The SMILES string of the molecule is CC1(C)Oc2ccc([C@@H]3CC(=O)c4c(O)cc(O)cc4O3)cc2C[C@@H]1O. The summed E-state index contributed by atoms with van der Waals surface area (Å²) in [6.07, 6.45) is -0.629. The number of rotatable bonds is 1. The van der Waals surface area contributed by atoms with Gasteiger partial charge in [0.2, 0.25) is 0 Å². The molecule has 0 saturated heterocycles. The average Bonchev–Trinajstić information content (AvgIpc) is 2.54. The van der Waals surface area contributed by atoms with E-state index in [9.17, 15) is 20.1 Å². The molecule has 0 fully saturated rings. The Labute approximate surface area is 150 Å². The van der Waals surface area contributed by atoms with Crippen molar-refractivity contribution in [1.82, 2.24) is 0 Å². The van der Waals surface area contributed by atoms with Gasteiger partial charge in [-0.2, -0.15) is 0 Å². The number of carbonyl (C=O) groups excluding carboxylic acids is 1. The van der Waals surface area contributed by atoms with Crippen molar-refractivity contribution in [2.24, 2.45) is 0 Å². The first-order valence-electron chi connectivity index (χ1n) is 8.50. The summed E-state index contributed by atoms with van der Waals surface area (Å²) >= 11 is 0. The van der Waals surface area contributed by atoms with E-state index in [0.717, 1.165) is 17.2 Å². The zero-order valence-corrected chi connectivity index (χ0v) is 14.5. The van der Waals surface area contributed by atoms with Gasteiger partial charge in [0.25, 0.3) is 0 Å². The van der Waals surface area contributed by atoms with Crippen LogP contribution in [0.25, 0.3) is 0 Å². The van der Waals surface area contributed by atoms with Gasteiger partial charge in [0.15, 0.2) is 5.78 Å². The minimum atomic E-state index is -0.653. The fourth-order valence-corrected chi connectivity index (χ4v) is 3.48. The first kappa shape index (κ1) is 16.7. The summed E-state index contributed by atoms with van der Waals surface area (Å²) in [5.74, 6) is 0.177. The predicted molar refractivity (Wildman–Crippen MR) is 92.9 cm³/mol. The van der Waals surface area contributed by atoms with Crippen LogP contribution in [0.4, 0.5) is 0 Å². The summed E-state index contributed by atoms with van der Waals surface area (Å²) in [6, 6.07) is 7.98. The molecule has 2 heterocycles. The zero-order valence-electron chi connectivity index (χ0n) is 14.5. The van der Waals surface area contributed by atoms with Crippen molar-refractivity contribution < 1.29 is 29.6 Å². The van der Waals surface area contributed by atoms with Gasteiger partial charge < -0.3 is 24.8 Å². The summed E-state index contributed by atoms with van der Waals surface area (Å²) in [5, 5.41) is 29.8. The van der Waals surface area contributed by atoms with Crippen LogP contribution in [-0.4, -0.2) is 32.8 Å². The lowest BCUT2D eigenvalue weighted by Crippen LogP contribution is -2.46. The van der Waals surface area contributed by atoms with Crippen molar-refractivity contribution in [2.45, 2.75) is 44.5 Å². The zero-order chi connectivity index (χ0) is 18.6. The van der Waals surface area contributed by atoms with Crippen molar-refractivity contribution in [2.75, 3.05) is 0 Å². The maximum atomic E-state index is 12.4. The second kappa shape index (κ2) is 5.64. The third-order valence-electron chi connectivity index (χ3n) is 5.03. The van der Waals surface area contributed by atoms with Gasteiger partial charge in [0.05, 0.1) is 12.5 Å². The molecule has 0 bridgehead atoms. The summed E-state index contributed by atoms with van der Waals surface area (Å²) in [4.78, 5) is 12.4. The molecule has 0 amide bonds. The van der Waals surface area contributed by atoms with Crippen LogP contribution >= 0.6 is 0 Å². The molecule has 0 aliphatic carbocycles. The standard InChI is InChI=1S/C20H20O6/c1-20(2)18(24)6-11-5-10(3-4-15(11)26-20)16-9-14(23)19-13(22)7-12(21)8-17(19)25-16/h3-5,7-8,16,18,21-22,24H,6,9H2,1-2H3/t16-,18-/m0/s1. The Morgan fingerprint density at radius 2 is 1.85 bits per heavy atom. The topological polar surface area (TPSA) is 96.2 Å². The van der Waals surface area contributed by atoms with Gasteiger partial charge in [-0.05, 0) is 37.1 Å². The van der Waals surface area contributed by atoms with Gasteiger partial charge in [-0.25, -0.2) is 0 Å². The lowest BCUT2D eigenvalue weighted by atomic mass is 9.88. The number of Topliss-reactive ketones (excluding diaryl/α,β-unsaturated/α-hetero) is 1. The molecular weight excluding hydrogens is 336 g/mol. The number of carbonyl (C=O) groups is 1. The van der Waals surface area contributed by atoms with E-state index in [1.165, 1.54) is 6.07 Å². The van der Waals surface area contributed by atoms with Gasteiger partial charge in [-0.3, -0.25) is 4.79 Å². The highest BCUT2D eigenvalue weighted by molar-refractivity contribution is 6.02.